The quantitative estimate of drug-likeness (QED) is 0.0366. The lowest BCUT2D eigenvalue weighted by molar-refractivity contribution is -0.140. The van der Waals surface area contributed by atoms with Crippen molar-refractivity contribution < 1.29 is 9.53 Å². The summed E-state index contributed by atoms with van der Waals surface area (Å²) in [5.41, 5.74) is 0.553. The van der Waals surface area contributed by atoms with Gasteiger partial charge in [-0.25, -0.2) is 0 Å². The highest BCUT2D eigenvalue weighted by molar-refractivity contribution is 7.18. The van der Waals surface area contributed by atoms with Gasteiger partial charge in [0.15, 0.2) is 0 Å². The Morgan fingerprint density at radius 3 is 0.872 bits per heavy atom. The summed E-state index contributed by atoms with van der Waals surface area (Å²) in [7, 11) is 2.48. The van der Waals surface area contributed by atoms with E-state index < -0.39 is 0 Å². The predicted octanol–water partition coefficient (Wildman–Crippen LogP) is 15.9. The monoisotopic (exact) mass is 681 g/mol. The molecule has 0 heterocycles. The molecule has 3 heteroatoms. The zero-order valence-corrected chi connectivity index (χ0v) is 34.1. The normalized spacial score (nSPS) is 11.8. The molecule has 0 aliphatic carbocycles. The third kappa shape index (κ3) is 34.1. The number of ether oxygens (including phenoxy) is 1. The van der Waals surface area contributed by atoms with E-state index >= 15 is 0 Å². The highest BCUT2D eigenvalue weighted by atomic mass is 31.0. The fourth-order valence-electron chi connectivity index (χ4n) is 7.74. The van der Waals surface area contributed by atoms with E-state index in [0.717, 1.165) is 6.42 Å². The van der Waals surface area contributed by atoms with Crippen LogP contribution in [0.25, 0.3) is 0 Å². The van der Waals surface area contributed by atoms with Crippen LogP contribution in [0.2, 0.25) is 0 Å². The molecule has 0 fully saturated rings. The molecule has 0 aromatic rings. The van der Waals surface area contributed by atoms with Gasteiger partial charge in [0.05, 0.1) is 12.8 Å². The lowest BCUT2D eigenvalue weighted by Gasteiger charge is -2.35. The summed E-state index contributed by atoms with van der Waals surface area (Å²) in [5.74, 6) is -0.0766. The molecule has 0 spiro atoms. The van der Waals surface area contributed by atoms with E-state index in [-0.39, 0.29) is 5.97 Å². The standard InChI is InChI=1S/C44H89O2P/c1-4-7-10-13-16-19-22-25-28-32-37-44(40-35-31-36-41-46-43(45)42-47,38-33-29-26-23-20-17-14-11-8-5-2)39-34-30-27-24-21-18-15-12-9-6-3/h4-42,47H2,1-3H3. The Hall–Kier alpha value is -0.100. The lowest BCUT2D eigenvalue weighted by atomic mass is 9.70. The van der Waals surface area contributed by atoms with Crippen molar-refractivity contribution in [2.75, 3.05) is 12.8 Å². The number of esters is 1. The molecule has 0 aromatic carbocycles. The minimum Gasteiger partial charge on any atom is -0.465 e. The van der Waals surface area contributed by atoms with Crippen LogP contribution in [0.15, 0.2) is 0 Å². The molecule has 0 bridgehead atoms. The van der Waals surface area contributed by atoms with Gasteiger partial charge in [0.1, 0.15) is 0 Å². The number of carbonyl (C=O) groups is 1. The molecule has 0 aliphatic rings. The summed E-state index contributed by atoms with van der Waals surface area (Å²) in [6.45, 7) is 7.55. The third-order valence-electron chi connectivity index (χ3n) is 11.0. The molecular formula is C44H89O2P. The van der Waals surface area contributed by atoms with Crippen molar-refractivity contribution in [3.05, 3.63) is 0 Å². The van der Waals surface area contributed by atoms with Gasteiger partial charge in [0.25, 0.3) is 0 Å². The van der Waals surface area contributed by atoms with Crippen LogP contribution in [-0.2, 0) is 9.53 Å². The average molecular weight is 681 g/mol. The average Bonchev–Trinajstić information content (AvgIpc) is 3.08. The highest BCUT2D eigenvalue weighted by Crippen LogP contribution is 2.42. The Morgan fingerprint density at radius 1 is 0.383 bits per heavy atom. The number of hydrogen-bond acceptors (Lipinski definition) is 2. The Bertz CT molecular complexity index is 546. The maximum atomic E-state index is 11.6. The molecule has 0 saturated heterocycles. The summed E-state index contributed by atoms with van der Waals surface area (Å²) in [6.07, 6.45) is 52.8. The highest BCUT2D eigenvalue weighted by Gasteiger charge is 2.28. The molecule has 1 unspecified atom stereocenters. The molecule has 0 saturated carbocycles. The number of unbranched alkanes of at least 4 members (excludes halogenated alkanes) is 29. The zero-order chi connectivity index (χ0) is 34.4. The predicted molar refractivity (Wildman–Crippen MR) is 216 cm³/mol. The number of carbonyl (C=O) groups excluding carboxylic acids is 1. The molecule has 0 rings (SSSR count). The summed E-state index contributed by atoms with van der Waals surface area (Å²) in [6, 6.07) is 0. The van der Waals surface area contributed by atoms with Crippen molar-refractivity contribution in [3.8, 4) is 0 Å². The van der Waals surface area contributed by atoms with Crippen LogP contribution in [0, 0.1) is 5.41 Å². The fourth-order valence-corrected chi connectivity index (χ4v) is 7.85. The number of hydrogen-bond donors (Lipinski definition) is 0. The van der Waals surface area contributed by atoms with Gasteiger partial charge < -0.3 is 4.74 Å². The molecule has 0 amide bonds. The number of rotatable bonds is 40. The van der Waals surface area contributed by atoms with E-state index in [1.165, 1.54) is 231 Å². The second kappa shape index (κ2) is 38.7. The fraction of sp³-hybridized carbons (Fsp3) is 0.977. The van der Waals surface area contributed by atoms with Crippen molar-refractivity contribution in [1.82, 2.24) is 0 Å². The van der Waals surface area contributed by atoms with Crippen LogP contribution >= 0.6 is 9.24 Å². The molecule has 0 N–H and O–H groups in total. The Kier molecular flexibility index (Phi) is 38.6. The first-order chi connectivity index (χ1) is 23.1. The first kappa shape index (κ1) is 46.9. The van der Waals surface area contributed by atoms with Crippen LogP contribution < -0.4 is 0 Å². The van der Waals surface area contributed by atoms with Crippen LogP contribution in [0.4, 0.5) is 0 Å². The van der Waals surface area contributed by atoms with Crippen molar-refractivity contribution >= 4 is 15.2 Å². The van der Waals surface area contributed by atoms with Gasteiger partial charge >= 0.3 is 5.97 Å². The van der Waals surface area contributed by atoms with Crippen molar-refractivity contribution in [3.63, 3.8) is 0 Å². The molecule has 0 aromatic heterocycles. The SMILES string of the molecule is CCCCCCCCCCCCC(CCCCCCCCCCCC)(CCCCCCCCCCCC)CCCCCOC(=O)CP. The molecule has 0 radical (unpaired) electrons. The van der Waals surface area contributed by atoms with E-state index in [1.54, 1.807) is 0 Å². The molecule has 282 valence electrons. The van der Waals surface area contributed by atoms with E-state index in [0.29, 0.717) is 18.2 Å². The summed E-state index contributed by atoms with van der Waals surface area (Å²) in [5, 5.41) is 0. The summed E-state index contributed by atoms with van der Waals surface area (Å²) >= 11 is 0. The van der Waals surface area contributed by atoms with Gasteiger partial charge in [0, 0.05) is 0 Å². The molecule has 47 heavy (non-hydrogen) atoms. The molecule has 0 aliphatic heterocycles. The second-order valence-electron chi connectivity index (χ2n) is 15.5. The Balaban J connectivity index is 4.88. The Labute approximate surface area is 300 Å². The minimum atomic E-state index is -0.0766. The smallest absolute Gasteiger partial charge is 0.309 e. The van der Waals surface area contributed by atoms with Crippen LogP contribution in [-0.4, -0.2) is 18.7 Å². The molecule has 1 atom stereocenters. The van der Waals surface area contributed by atoms with Gasteiger partial charge in [-0.05, 0) is 37.5 Å². The van der Waals surface area contributed by atoms with Crippen LogP contribution in [0.1, 0.15) is 258 Å². The minimum absolute atomic E-state index is 0.0766. The first-order valence-corrected chi connectivity index (χ1v) is 22.8. The van der Waals surface area contributed by atoms with Crippen molar-refractivity contribution in [2.24, 2.45) is 5.41 Å². The summed E-state index contributed by atoms with van der Waals surface area (Å²) in [4.78, 5) is 11.6. The maximum Gasteiger partial charge on any atom is 0.309 e. The largest absolute Gasteiger partial charge is 0.465 e. The van der Waals surface area contributed by atoms with Gasteiger partial charge in [-0.2, -0.15) is 0 Å². The van der Waals surface area contributed by atoms with Crippen molar-refractivity contribution in [2.45, 2.75) is 258 Å². The molecule has 2 nitrogen and oxygen atoms in total. The third-order valence-corrected chi connectivity index (χ3v) is 11.3. The van der Waals surface area contributed by atoms with Crippen LogP contribution in [0.5, 0.6) is 0 Å². The van der Waals surface area contributed by atoms with Gasteiger partial charge in [-0.3, -0.25) is 4.79 Å². The second-order valence-corrected chi connectivity index (χ2v) is 15.9. The van der Waals surface area contributed by atoms with E-state index in [9.17, 15) is 4.79 Å². The van der Waals surface area contributed by atoms with Gasteiger partial charge in [0.2, 0.25) is 0 Å². The van der Waals surface area contributed by atoms with Crippen molar-refractivity contribution in [1.29, 1.82) is 0 Å². The van der Waals surface area contributed by atoms with Gasteiger partial charge in [-0.15, -0.1) is 9.24 Å². The van der Waals surface area contributed by atoms with Gasteiger partial charge in [-0.1, -0.05) is 226 Å². The maximum absolute atomic E-state index is 11.6. The van der Waals surface area contributed by atoms with E-state index in [2.05, 4.69) is 30.0 Å². The van der Waals surface area contributed by atoms with E-state index in [4.69, 9.17) is 4.74 Å². The zero-order valence-electron chi connectivity index (χ0n) is 33.0. The first-order valence-electron chi connectivity index (χ1n) is 22.0. The van der Waals surface area contributed by atoms with E-state index in [1.807, 2.05) is 0 Å². The topological polar surface area (TPSA) is 26.3 Å². The molecular weight excluding hydrogens is 591 g/mol. The van der Waals surface area contributed by atoms with Crippen LogP contribution in [0.3, 0.4) is 0 Å². The Morgan fingerprint density at radius 2 is 0.617 bits per heavy atom. The lowest BCUT2D eigenvalue weighted by Crippen LogP contribution is -2.22. The summed E-state index contributed by atoms with van der Waals surface area (Å²) < 4.78 is 5.38.